The highest BCUT2D eigenvalue weighted by atomic mass is 35.5. The number of aliphatic hydroxyl groups is 1. The van der Waals surface area contributed by atoms with E-state index in [0.717, 1.165) is 23.4 Å². The van der Waals surface area contributed by atoms with Gasteiger partial charge in [0.25, 0.3) is 0 Å². The van der Waals surface area contributed by atoms with Gasteiger partial charge < -0.3 is 5.11 Å². The zero-order valence-electron chi connectivity index (χ0n) is 7.18. The normalized spacial score (nSPS) is 10.2. The third-order valence-corrected chi connectivity index (χ3v) is 2.39. The van der Waals surface area contributed by atoms with Crippen LogP contribution in [0, 0.1) is 6.92 Å². The van der Waals surface area contributed by atoms with E-state index in [-0.39, 0.29) is 6.61 Å². The SMILES string of the molecule is Cc1c(Cl)cccc1CCCO. The minimum Gasteiger partial charge on any atom is -0.396 e. The number of benzene rings is 1. The lowest BCUT2D eigenvalue weighted by Gasteiger charge is -2.05. The van der Waals surface area contributed by atoms with Gasteiger partial charge in [0.05, 0.1) is 0 Å². The van der Waals surface area contributed by atoms with E-state index in [1.165, 1.54) is 5.56 Å². The summed E-state index contributed by atoms with van der Waals surface area (Å²) in [6.07, 6.45) is 1.71. The number of rotatable bonds is 3. The van der Waals surface area contributed by atoms with Crippen LogP contribution in [0.15, 0.2) is 18.2 Å². The maximum Gasteiger partial charge on any atom is 0.0437 e. The second-order valence-electron chi connectivity index (χ2n) is 2.85. The van der Waals surface area contributed by atoms with Gasteiger partial charge >= 0.3 is 0 Å². The molecule has 0 aromatic heterocycles. The van der Waals surface area contributed by atoms with Crippen LogP contribution in [0.1, 0.15) is 17.5 Å². The van der Waals surface area contributed by atoms with Crippen LogP contribution < -0.4 is 0 Å². The molecular formula is C10H13ClO. The van der Waals surface area contributed by atoms with E-state index in [9.17, 15) is 0 Å². The van der Waals surface area contributed by atoms with Gasteiger partial charge in [-0.1, -0.05) is 23.7 Å². The van der Waals surface area contributed by atoms with Gasteiger partial charge in [0.1, 0.15) is 0 Å². The Kier molecular flexibility index (Phi) is 3.57. The van der Waals surface area contributed by atoms with Crippen LogP contribution in [-0.2, 0) is 6.42 Å². The molecule has 1 nitrogen and oxygen atoms in total. The fourth-order valence-electron chi connectivity index (χ4n) is 1.19. The molecule has 66 valence electrons. The van der Waals surface area contributed by atoms with Crippen molar-refractivity contribution in [1.82, 2.24) is 0 Å². The molecule has 12 heavy (non-hydrogen) atoms. The Labute approximate surface area is 78.0 Å². The maximum absolute atomic E-state index is 8.65. The van der Waals surface area contributed by atoms with Crippen molar-refractivity contribution in [2.24, 2.45) is 0 Å². The second kappa shape index (κ2) is 4.48. The third kappa shape index (κ3) is 2.23. The predicted octanol–water partition coefficient (Wildman–Crippen LogP) is 2.57. The number of aryl methyl sites for hydroxylation is 1. The first-order chi connectivity index (χ1) is 5.75. The average Bonchev–Trinajstić information content (AvgIpc) is 2.08. The van der Waals surface area contributed by atoms with Crippen LogP contribution in [0.25, 0.3) is 0 Å². The van der Waals surface area contributed by atoms with Crippen LogP contribution in [0.2, 0.25) is 5.02 Å². The largest absolute Gasteiger partial charge is 0.396 e. The molecule has 0 aliphatic heterocycles. The van der Waals surface area contributed by atoms with E-state index >= 15 is 0 Å². The molecule has 0 amide bonds. The number of halogens is 1. The molecule has 0 fully saturated rings. The van der Waals surface area contributed by atoms with Crippen molar-refractivity contribution in [2.75, 3.05) is 6.61 Å². The Balaban J connectivity index is 2.78. The van der Waals surface area contributed by atoms with Crippen LogP contribution in [0.5, 0.6) is 0 Å². The first kappa shape index (κ1) is 9.56. The fraction of sp³-hybridized carbons (Fsp3) is 0.400. The predicted molar refractivity (Wildman–Crippen MR) is 51.6 cm³/mol. The average molecular weight is 185 g/mol. The van der Waals surface area contributed by atoms with E-state index in [0.29, 0.717) is 0 Å². The van der Waals surface area contributed by atoms with Gasteiger partial charge in [-0.3, -0.25) is 0 Å². The molecule has 0 saturated heterocycles. The summed E-state index contributed by atoms with van der Waals surface area (Å²) >= 11 is 5.93. The molecule has 0 spiro atoms. The van der Waals surface area contributed by atoms with E-state index in [4.69, 9.17) is 16.7 Å². The minimum absolute atomic E-state index is 0.242. The monoisotopic (exact) mass is 184 g/mol. The zero-order valence-corrected chi connectivity index (χ0v) is 7.93. The Hall–Kier alpha value is -0.530. The summed E-state index contributed by atoms with van der Waals surface area (Å²) in [6, 6.07) is 5.89. The molecule has 2 heteroatoms. The molecule has 0 aliphatic carbocycles. The summed E-state index contributed by atoms with van der Waals surface area (Å²) in [7, 11) is 0. The van der Waals surface area contributed by atoms with E-state index in [2.05, 4.69) is 6.07 Å². The topological polar surface area (TPSA) is 20.2 Å². The summed E-state index contributed by atoms with van der Waals surface area (Å²) in [4.78, 5) is 0. The summed E-state index contributed by atoms with van der Waals surface area (Å²) in [5, 5.41) is 9.47. The summed E-state index contributed by atoms with van der Waals surface area (Å²) in [5.41, 5.74) is 2.36. The Morgan fingerprint density at radius 1 is 1.42 bits per heavy atom. The standard InChI is InChI=1S/C10H13ClO/c1-8-9(5-3-7-12)4-2-6-10(8)11/h2,4,6,12H,3,5,7H2,1H3. The van der Waals surface area contributed by atoms with Crippen molar-refractivity contribution < 1.29 is 5.11 Å². The van der Waals surface area contributed by atoms with Crippen molar-refractivity contribution in [3.63, 3.8) is 0 Å². The molecule has 0 aliphatic rings. The quantitative estimate of drug-likeness (QED) is 0.766. The smallest absolute Gasteiger partial charge is 0.0437 e. The molecule has 0 bridgehead atoms. The molecule has 1 aromatic carbocycles. The first-order valence-corrected chi connectivity index (χ1v) is 4.48. The van der Waals surface area contributed by atoms with Crippen LogP contribution in [-0.4, -0.2) is 11.7 Å². The molecule has 0 atom stereocenters. The van der Waals surface area contributed by atoms with Crippen molar-refractivity contribution >= 4 is 11.6 Å². The molecular weight excluding hydrogens is 172 g/mol. The molecule has 0 unspecified atom stereocenters. The summed E-state index contributed by atoms with van der Waals surface area (Å²) in [5.74, 6) is 0. The number of hydrogen-bond acceptors (Lipinski definition) is 1. The van der Waals surface area contributed by atoms with Gasteiger partial charge in [-0.15, -0.1) is 0 Å². The highest BCUT2D eigenvalue weighted by Gasteiger charge is 2.00. The lowest BCUT2D eigenvalue weighted by Crippen LogP contribution is -1.92. The minimum atomic E-state index is 0.242. The van der Waals surface area contributed by atoms with Crippen LogP contribution in [0.3, 0.4) is 0 Å². The molecule has 0 heterocycles. The van der Waals surface area contributed by atoms with Crippen LogP contribution in [0.4, 0.5) is 0 Å². The second-order valence-corrected chi connectivity index (χ2v) is 3.26. The molecule has 1 rings (SSSR count). The van der Waals surface area contributed by atoms with Gasteiger partial charge in [-0.2, -0.15) is 0 Å². The van der Waals surface area contributed by atoms with E-state index in [1.54, 1.807) is 0 Å². The highest BCUT2D eigenvalue weighted by molar-refractivity contribution is 6.31. The van der Waals surface area contributed by atoms with Crippen molar-refractivity contribution in [3.05, 3.63) is 34.3 Å². The van der Waals surface area contributed by atoms with E-state index in [1.807, 2.05) is 19.1 Å². The fourth-order valence-corrected chi connectivity index (χ4v) is 1.39. The molecule has 1 N–H and O–H groups in total. The lowest BCUT2D eigenvalue weighted by molar-refractivity contribution is 0.288. The maximum atomic E-state index is 8.65. The van der Waals surface area contributed by atoms with E-state index < -0.39 is 0 Å². The Bertz CT molecular complexity index is 258. The third-order valence-electron chi connectivity index (χ3n) is 1.98. The van der Waals surface area contributed by atoms with Gasteiger partial charge in [-0.25, -0.2) is 0 Å². The highest BCUT2D eigenvalue weighted by Crippen LogP contribution is 2.19. The molecule has 1 aromatic rings. The first-order valence-electron chi connectivity index (χ1n) is 4.10. The number of aliphatic hydroxyl groups excluding tert-OH is 1. The van der Waals surface area contributed by atoms with Gasteiger partial charge in [0.2, 0.25) is 0 Å². The van der Waals surface area contributed by atoms with Gasteiger partial charge in [-0.05, 0) is 37.0 Å². The molecule has 0 radical (unpaired) electrons. The Morgan fingerprint density at radius 2 is 2.17 bits per heavy atom. The zero-order chi connectivity index (χ0) is 8.97. The summed E-state index contributed by atoms with van der Waals surface area (Å²) < 4.78 is 0. The van der Waals surface area contributed by atoms with Crippen molar-refractivity contribution in [3.8, 4) is 0 Å². The van der Waals surface area contributed by atoms with Crippen molar-refractivity contribution in [1.29, 1.82) is 0 Å². The molecule has 0 saturated carbocycles. The van der Waals surface area contributed by atoms with Crippen molar-refractivity contribution in [2.45, 2.75) is 19.8 Å². The Morgan fingerprint density at radius 3 is 2.83 bits per heavy atom. The summed E-state index contributed by atoms with van der Waals surface area (Å²) in [6.45, 7) is 2.25. The van der Waals surface area contributed by atoms with Gasteiger partial charge in [0.15, 0.2) is 0 Å². The number of hydrogen-bond donors (Lipinski definition) is 1. The van der Waals surface area contributed by atoms with Gasteiger partial charge in [0, 0.05) is 11.6 Å². The lowest BCUT2D eigenvalue weighted by atomic mass is 10.0. The van der Waals surface area contributed by atoms with Crippen LogP contribution >= 0.6 is 11.6 Å².